The van der Waals surface area contributed by atoms with Crippen molar-refractivity contribution in [2.75, 3.05) is 52.5 Å². The van der Waals surface area contributed by atoms with Crippen LogP contribution in [0, 0.1) is 0 Å². The van der Waals surface area contributed by atoms with Crippen LogP contribution >= 0.6 is 11.3 Å². The molecule has 0 aliphatic carbocycles. The maximum atomic E-state index is 11.0. The molecule has 3 heterocycles. The highest BCUT2D eigenvalue weighted by Crippen LogP contribution is 2.34. The van der Waals surface area contributed by atoms with E-state index in [1.807, 2.05) is 29.6 Å². The van der Waals surface area contributed by atoms with Gasteiger partial charge in [-0.2, -0.15) is 0 Å². The Hall–Kier alpha value is -1.55. The van der Waals surface area contributed by atoms with E-state index in [1.54, 1.807) is 11.3 Å². The lowest BCUT2D eigenvalue weighted by molar-refractivity contribution is -0.168. The summed E-state index contributed by atoms with van der Waals surface area (Å²) in [5.41, 5.74) is 1.62. The summed E-state index contributed by atoms with van der Waals surface area (Å²) < 4.78 is 12.3. The number of thiazole rings is 1. The predicted octanol–water partition coefficient (Wildman–Crippen LogP) is 3.04. The number of nitrogens with zero attached hydrogens (tertiary/aromatic N) is 3. The normalized spacial score (nSPS) is 20.4. The SMILES string of the molecule is CC(C)c1nc(C(O)N2CCOC3(CCN(CCOc4ccccc4CCO)CC3)C2)cs1. The van der Waals surface area contributed by atoms with Crippen molar-refractivity contribution in [3.05, 3.63) is 45.9 Å². The fourth-order valence-electron chi connectivity index (χ4n) is 4.70. The number of piperidine rings is 1. The minimum Gasteiger partial charge on any atom is -0.492 e. The van der Waals surface area contributed by atoms with Crippen LogP contribution < -0.4 is 4.74 Å². The monoisotopic (exact) mass is 475 g/mol. The molecule has 33 heavy (non-hydrogen) atoms. The van der Waals surface area contributed by atoms with Gasteiger partial charge in [-0.3, -0.25) is 9.80 Å². The Morgan fingerprint density at radius 1 is 1.21 bits per heavy atom. The Morgan fingerprint density at radius 3 is 2.73 bits per heavy atom. The summed E-state index contributed by atoms with van der Waals surface area (Å²) in [4.78, 5) is 9.21. The average Bonchev–Trinajstić information content (AvgIpc) is 3.32. The quantitative estimate of drug-likeness (QED) is 0.577. The zero-order valence-corrected chi connectivity index (χ0v) is 20.6. The van der Waals surface area contributed by atoms with Crippen molar-refractivity contribution in [3.8, 4) is 5.75 Å². The van der Waals surface area contributed by atoms with Crippen LogP contribution in [-0.4, -0.2) is 83.1 Å². The highest BCUT2D eigenvalue weighted by molar-refractivity contribution is 7.09. The molecule has 0 amide bonds. The Kier molecular flexibility index (Phi) is 8.38. The van der Waals surface area contributed by atoms with E-state index >= 15 is 0 Å². The maximum absolute atomic E-state index is 11.0. The Labute approximate surface area is 201 Å². The third-order valence-electron chi connectivity index (χ3n) is 6.71. The molecule has 1 aromatic heterocycles. The summed E-state index contributed by atoms with van der Waals surface area (Å²) >= 11 is 1.63. The molecule has 2 aliphatic heterocycles. The molecule has 0 radical (unpaired) electrons. The molecule has 0 bridgehead atoms. The second kappa shape index (κ2) is 11.3. The third kappa shape index (κ3) is 6.12. The average molecular weight is 476 g/mol. The van der Waals surface area contributed by atoms with Gasteiger partial charge in [0, 0.05) is 50.6 Å². The number of benzene rings is 1. The van der Waals surface area contributed by atoms with Crippen molar-refractivity contribution >= 4 is 11.3 Å². The van der Waals surface area contributed by atoms with Crippen LogP contribution in [0.15, 0.2) is 29.6 Å². The van der Waals surface area contributed by atoms with Gasteiger partial charge in [0.25, 0.3) is 0 Å². The van der Waals surface area contributed by atoms with E-state index in [0.29, 0.717) is 25.6 Å². The van der Waals surface area contributed by atoms with Gasteiger partial charge < -0.3 is 19.7 Å². The molecule has 2 aliphatic rings. The van der Waals surface area contributed by atoms with Crippen molar-refractivity contribution in [2.45, 2.75) is 50.9 Å². The summed E-state index contributed by atoms with van der Waals surface area (Å²) in [6.07, 6.45) is 1.85. The molecule has 2 fully saturated rings. The topological polar surface area (TPSA) is 78.3 Å². The van der Waals surface area contributed by atoms with Crippen molar-refractivity contribution in [1.29, 1.82) is 0 Å². The van der Waals surface area contributed by atoms with Crippen LogP contribution in [0.5, 0.6) is 5.75 Å². The van der Waals surface area contributed by atoms with Crippen molar-refractivity contribution in [2.24, 2.45) is 0 Å². The lowest BCUT2D eigenvalue weighted by Gasteiger charge is -2.48. The van der Waals surface area contributed by atoms with Crippen LogP contribution in [-0.2, 0) is 11.2 Å². The van der Waals surface area contributed by atoms with Crippen molar-refractivity contribution in [3.63, 3.8) is 0 Å². The number of morpholine rings is 1. The van der Waals surface area contributed by atoms with Gasteiger partial charge in [-0.05, 0) is 30.9 Å². The molecule has 1 aromatic carbocycles. The van der Waals surface area contributed by atoms with Gasteiger partial charge in [-0.25, -0.2) is 4.98 Å². The first-order chi connectivity index (χ1) is 16.0. The molecule has 1 atom stereocenters. The molecule has 2 saturated heterocycles. The lowest BCUT2D eigenvalue weighted by atomic mass is 9.89. The molecular formula is C25H37N3O4S. The predicted molar refractivity (Wildman–Crippen MR) is 130 cm³/mol. The molecule has 182 valence electrons. The maximum Gasteiger partial charge on any atom is 0.151 e. The first-order valence-electron chi connectivity index (χ1n) is 12.0. The second-order valence-electron chi connectivity index (χ2n) is 9.41. The standard InChI is InChI=1S/C25H37N3O4S/c1-19(2)23-26-21(17-33-23)24(30)28-13-16-32-25(18-28)8-10-27(11-9-25)12-15-31-22-6-4-3-5-20(22)7-14-29/h3-6,17,19,24,29-30H,7-16,18H2,1-2H3. The molecule has 0 saturated carbocycles. The first-order valence-corrected chi connectivity index (χ1v) is 12.9. The van der Waals surface area contributed by atoms with Gasteiger partial charge in [-0.15, -0.1) is 11.3 Å². The Morgan fingerprint density at radius 2 is 2.00 bits per heavy atom. The summed E-state index contributed by atoms with van der Waals surface area (Å²) in [6.45, 7) is 9.90. The summed E-state index contributed by atoms with van der Waals surface area (Å²) in [6, 6.07) is 7.92. The van der Waals surface area contributed by atoms with Gasteiger partial charge >= 0.3 is 0 Å². The minimum absolute atomic E-state index is 0.127. The molecule has 1 spiro atoms. The molecule has 2 N–H and O–H groups in total. The molecule has 1 unspecified atom stereocenters. The van der Waals surface area contributed by atoms with Crippen molar-refractivity contribution < 1.29 is 19.7 Å². The molecule has 7 nitrogen and oxygen atoms in total. The lowest BCUT2D eigenvalue weighted by Crippen LogP contribution is -2.57. The van der Waals surface area contributed by atoms with Gasteiger partial charge in [0.1, 0.15) is 12.4 Å². The molecule has 2 aromatic rings. The van der Waals surface area contributed by atoms with E-state index in [0.717, 1.165) is 67.6 Å². The third-order valence-corrected chi connectivity index (χ3v) is 7.87. The van der Waals surface area contributed by atoms with Crippen LogP contribution in [0.2, 0.25) is 0 Å². The number of ether oxygens (including phenoxy) is 2. The first kappa shape index (κ1) is 24.6. The number of hydrogen-bond acceptors (Lipinski definition) is 8. The van der Waals surface area contributed by atoms with Gasteiger partial charge in [0.05, 0.1) is 22.9 Å². The smallest absolute Gasteiger partial charge is 0.151 e. The Balaban J connectivity index is 1.26. The molecular weight excluding hydrogens is 438 g/mol. The number of aliphatic hydroxyl groups excluding tert-OH is 2. The van der Waals surface area contributed by atoms with Crippen LogP contribution in [0.25, 0.3) is 0 Å². The summed E-state index contributed by atoms with van der Waals surface area (Å²) in [5, 5.41) is 23.3. The van der Waals surface area contributed by atoms with Crippen LogP contribution in [0.4, 0.5) is 0 Å². The van der Waals surface area contributed by atoms with Gasteiger partial charge in [-0.1, -0.05) is 32.0 Å². The van der Waals surface area contributed by atoms with E-state index in [9.17, 15) is 10.2 Å². The van der Waals surface area contributed by atoms with E-state index in [1.165, 1.54) is 0 Å². The number of hydrogen-bond donors (Lipinski definition) is 2. The minimum atomic E-state index is -0.667. The summed E-state index contributed by atoms with van der Waals surface area (Å²) in [7, 11) is 0. The van der Waals surface area contributed by atoms with E-state index < -0.39 is 6.23 Å². The Bertz CT molecular complexity index is 882. The van der Waals surface area contributed by atoms with E-state index in [-0.39, 0.29) is 12.2 Å². The fourth-order valence-corrected chi connectivity index (χ4v) is 5.54. The number of aliphatic hydroxyl groups is 2. The fraction of sp³-hybridized carbons (Fsp3) is 0.640. The zero-order chi connectivity index (χ0) is 23.3. The number of para-hydroxylation sites is 1. The molecule has 8 heteroatoms. The summed E-state index contributed by atoms with van der Waals surface area (Å²) in [5.74, 6) is 1.24. The highest BCUT2D eigenvalue weighted by Gasteiger charge is 2.41. The number of rotatable bonds is 9. The van der Waals surface area contributed by atoms with E-state index in [2.05, 4.69) is 28.6 Å². The second-order valence-corrected chi connectivity index (χ2v) is 10.3. The number of aromatic nitrogens is 1. The zero-order valence-electron chi connectivity index (χ0n) is 19.8. The van der Waals surface area contributed by atoms with E-state index in [4.69, 9.17) is 9.47 Å². The largest absolute Gasteiger partial charge is 0.492 e. The highest BCUT2D eigenvalue weighted by atomic mass is 32.1. The van der Waals surface area contributed by atoms with Crippen molar-refractivity contribution in [1.82, 2.24) is 14.8 Å². The molecule has 4 rings (SSSR count). The van der Waals surface area contributed by atoms with Gasteiger partial charge in [0.15, 0.2) is 6.23 Å². The van der Waals surface area contributed by atoms with Crippen LogP contribution in [0.1, 0.15) is 55.1 Å². The van der Waals surface area contributed by atoms with Crippen LogP contribution in [0.3, 0.4) is 0 Å². The number of likely N-dealkylation sites (tertiary alicyclic amines) is 1. The van der Waals surface area contributed by atoms with Gasteiger partial charge in [0.2, 0.25) is 0 Å².